The molecule has 0 aliphatic heterocycles. The molecule has 0 fully saturated rings. The molecule has 4 rings (SSSR count). The van der Waals surface area contributed by atoms with Gasteiger partial charge >= 0.3 is 0 Å². The first-order valence-corrected chi connectivity index (χ1v) is 9.32. The van der Waals surface area contributed by atoms with Crippen LogP contribution in [0.2, 0.25) is 0 Å². The Kier molecular flexibility index (Phi) is 5.15. The maximum absolute atomic E-state index is 12.8. The van der Waals surface area contributed by atoms with Crippen molar-refractivity contribution >= 4 is 11.6 Å². The minimum absolute atomic E-state index is 0.00475. The standard InChI is InChI=1S/C21H20N6O2/c1-3-19(28)27(17-11-7-10-16(12-17)21-22-25-26-23-21)13-18-14(2)29-24-20(18)15-8-5-4-6-9-15/h4-12H,3,13H2,1-2H3,(H,22,23,25,26). The van der Waals surface area contributed by atoms with Crippen LogP contribution in [-0.4, -0.2) is 31.7 Å². The van der Waals surface area contributed by atoms with E-state index >= 15 is 0 Å². The number of aromatic nitrogens is 5. The third-order valence-electron chi connectivity index (χ3n) is 4.71. The van der Waals surface area contributed by atoms with Crippen LogP contribution in [0, 0.1) is 6.92 Å². The van der Waals surface area contributed by atoms with Gasteiger partial charge in [0.1, 0.15) is 11.5 Å². The lowest BCUT2D eigenvalue weighted by molar-refractivity contribution is -0.118. The maximum Gasteiger partial charge on any atom is 0.227 e. The van der Waals surface area contributed by atoms with Gasteiger partial charge in [0.2, 0.25) is 11.7 Å². The van der Waals surface area contributed by atoms with Gasteiger partial charge in [-0.25, -0.2) is 0 Å². The third kappa shape index (κ3) is 3.77. The average Bonchev–Trinajstić information content (AvgIpc) is 3.42. The molecule has 2 aromatic carbocycles. The Labute approximate surface area is 167 Å². The molecule has 1 amide bonds. The largest absolute Gasteiger partial charge is 0.361 e. The number of amides is 1. The Morgan fingerprint density at radius 1 is 1.10 bits per heavy atom. The molecule has 0 radical (unpaired) electrons. The number of nitrogens with zero attached hydrogens (tertiary/aromatic N) is 5. The third-order valence-corrected chi connectivity index (χ3v) is 4.71. The second-order valence-electron chi connectivity index (χ2n) is 6.55. The number of aromatic amines is 1. The summed E-state index contributed by atoms with van der Waals surface area (Å²) in [5, 5.41) is 18.3. The quantitative estimate of drug-likeness (QED) is 0.539. The summed E-state index contributed by atoms with van der Waals surface area (Å²) in [6.07, 6.45) is 0.372. The Hall–Kier alpha value is -3.81. The molecule has 0 saturated carbocycles. The molecule has 0 unspecified atom stereocenters. The molecule has 0 atom stereocenters. The predicted molar refractivity (Wildman–Crippen MR) is 108 cm³/mol. The number of hydrogen-bond acceptors (Lipinski definition) is 6. The minimum Gasteiger partial charge on any atom is -0.361 e. The van der Waals surface area contributed by atoms with Gasteiger partial charge < -0.3 is 9.42 Å². The second kappa shape index (κ2) is 8.05. The Morgan fingerprint density at radius 3 is 2.62 bits per heavy atom. The van der Waals surface area contributed by atoms with Crippen LogP contribution in [0.15, 0.2) is 59.1 Å². The van der Waals surface area contributed by atoms with Crippen LogP contribution < -0.4 is 4.90 Å². The summed E-state index contributed by atoms with van der Waals surface area (Å²) in [5.74, 6) is 1.16. The van der Waals surface area contributed by atoms with Crippen molar-refractivity contribution in [3.63, 3.8) is 0 Å². The van der Waals surface area contributed by atoms with Crippen LogP contribution in [0.5, 0.6) is 0 Å². The normalized spacial score (nSPS) is 10.8. The van der Waals surface area contributed by atoms with Crippen LogP contribution in [0.3, 0.4) is 0 Å². The zero-order chi connectivity index (χ0) is 20.2. The molecule has 0 saturated heterocycles. The molecule has 0 bridgehead atoms. The summed E-state index contributed by atoms with van der Waals surface area (Å²) >= 11 is 0. The van der Waals surface area contributed by atoms with Crippen LogP contribution >= 0.6 is 0 Å². The number of tetrazole rings is 1. The lowest BCUT2D eigenvalue weighted by atomic mass is 10.0. The first-order valence-electron chi connectivity index (χ1n) is 9.32. The smallest absolute Gasteiger partial charge is 0.227 e. The molecule has 146 valence electrons. The number of benzene rings is 2. The Bertz CT molecular complexity index is 1110. The average molecular weight is 388 g/mol. The van der Waals surface area contributed by atoms with E-state index in [0.29, 0.717) is 24.6 Å². The molecule has 8 nitrogen and oxygen atoms in total. The summed E-state index contributed by atoms with van der Waals surface area (Å²) in [6, 6.07) is 17.3. The molecule has 8 heteroatoms. The van der Waals surface area contributed by atoms with Crippen molar-refractivity contribution in [3.05, 3.63) is 65.9 Å². The lowest BCUT2D eigenvalue weighted by Crippen LogP contribution is -2.30. The van der Waals surface area contributed by atoms with Crippen molar-refractivity contribution in [3.8, 4) is 22.6 Å². The Balaban J connectivity index is 1.73. The van der Waals surface area contributed by atoms with Gasteiger partial charge in [-0.1, -0.05) is 54.5 Å². The van der Waals surface area contributed by atoms with Gasteiger partial charge in [0.15, 0.2) is 0 Å². The molecule has 4 aromatic rings. The number of aryl methyl sites for hydroxylation is 1. The number of carbonyl (C=O) groups is 1. The maximum atomic E-state index is 12.8. The van der Waals surface area contributed by atoms with Crippen LogP contribution in [0.1, 0.15) is 24.7 Å². The van der Waals surface area contributed by atoms with E-state index in [4.69, 9.17) is 4.52 Å². The monoisotopic (exact) mass is 388 g/mol. The van der Waals surface area contributed by atoms with Gasteiger partial charge in [0, 0.05) is 28.8 Å². The summed E-state index contributed by atoms with van der Waals surface area (Å²) in [5.41, 5.74) is 4.09. The van der Waals surface area contributed by atoms with E-state index < -0.39 is 0 Å². The van der Waals surface area contributed by atoms with E-state index in [2.05, 4.69) is 25.8 Å². The molecule has 29 heavy (non-hydrogen) atoms. The van der Waals surface area contributed by atoms with Gasteiger partial charge in [-0.05, 0) is 24.3 Å². The fourth-order valence-electron chi connectivity index (χ4n) is 3.17. The molecule has 2 aromatic heterocycles. The van der Waals surface area contributed by atoms with E-state index in [-0.39, 0.29) is 5.91 Å². The first-order chi connectivity index (χ1) is 14.2. The van der Waals surface area contributed by atoms with Crippen molar-refractivity contribution in [1.29, 1.82) is 0 Å². The summed E-state index contributed by atoms with van der Waals surface area (Å²) in [6.45, 7) is 4.05. The fraction of sp³-hybridized carbons (Fsp3) is 0.190. The SMILES string of the molecule is CCC(=O)N(Cc1c(-c2ccccc2)noc1C)c1cccc(-c2nn[nH]n2)c1. The molecular formula is C21H20N6O2. The molecule has 0 aliphatic rings. The van der Waals surface area contributed by atoms with Crippen molar-refractivity contribution < 1.29 is 9.32 Å². The number of rotatable bonds is 6. The molecule has 1 N–H and O–H groups in total. The number of anilines is 1. The van der Waals surface area contributed by atoms with Gasteiger partial charge in [-0.3, -0.25) is 4.79 Å². The summed E-state index contributed by atoms with van der Waals surface area (Å²) in [7, 11) is 0. The molecule has 2 heterocycles. The van der Waals surface area contributed by atoms with Crippen molar-refractivity contribution in [2.24, 2.45) is 0 Å². The van der Waals surface area contributed by atoms with Gasteiger partial charge in [-0.2, -0.15) is 5.21 Å². The number of H-pyrrole nitrogens is 1. The fourth-order valence-corrected chi connectivity index (χ4v) is 3.17. The van der Waals surface area contributed by atoms with Crippen LogP contribution in [-0.2, 0) is 11.3 Å². The highest BCUT2D eigenvalue weighted by Crippen LogP contribution is 2.29. The topological polar surface area (TPSA) is 101 Å². The first kappa shape index (κ1) is 18.5. The summed E-state index contributed by atoms with van der Waals surface area (Å²) in [4.78, 5) is 14.6. The van der Waals surface area contributed by atoms with Crippen LogP contribution in [0.4, 0.5) is 5.69 Å². The van der Waals surface area contributed by atoms with Gasteiger partial charge in [-0.15, -0.1) is 10.2 Å². The molecular weight excluding hydrogens is 368 g/mol. The Morgan fingerprint density at radius 2 is 1.90 bits per heavy atom. The predicted octanol–water partition coefficient (Wildman–Crippen LogP) is 3.77. The van der Waals surface area contributed by atoms with Crippen LogP contribution in [0.25, 0.3) is 22.6 Å². The molecule has 0 spiro atoms. The van der Waals surface area contributed by atoms with Crippen molar-refractivity contribution in [1.82, 2.24) is 25.8 Å². The van der Waals surface area contributed by atoms with Gasteiger partial charge in [0.05, 0.1) is 6.54 Å². The highest BCUT2D eigenvalue weighted by Gasteiger charge is 2.22. The number of hydrogen-bond donors (Lipinski definition) is 1. The zero-order valence-corrected chi connectivity index (χ0v) is 16.2. The van der Waals surface area contributed by atoms with E-state index in [1.54, 1.807) is 4.90 Å². The van der Waals surface area contributed by atoms with E-state index in [1.165, 1.54) is 0 Å². The lowest BCUT2D eigenvalue weighted by Gasteiger charge is -2.23. The minimum atomic E-state index is -0.00475. The van der Waals surface area contributed by atoms with Gasteiger partial charge in [0.25, 0.3) is 0 Å². The van der Waals surface area contributed by atoms with E-state index in [9.17, 15) is 4.79 Å². The highest BCUT2D eigenvalue weighted by molar-refractivity contribution is 5.94. The molecule has 0 aliphatic carbocycles. The van der Waals surface area contributed by atoms with E-state index in [1.807, 2.05) is 68.4 Å². The van der Waals surface area contributed by atoms with E-state index in [0.717, 1.165) is 28.1 Å². The van der Waals surface area contributed by atoms with Crippen molar-refractivity contribution in [2.45, 2.75) is 26.8 Å². The number of carbonyl (C=O) groups excluding carboxylic acids is 1. The second-order valence-corrected chi connectivity index (χ2v) is 6.55. The van der Waals surface area contributed by atoms with Crippen molar-refractivity contribution in [2.75, 3.05) is 4.90 Å². The highest BCUT2D eigenvalue weighted by atomic mass is 16.5. The zero-order valence-electron chi connectivity index (χ0n) is 16.2. The summed E-state index contributed by atoms with van der Waals surface area (Å²) < 4.78 is 5.46. The number of nitrogens with one attached hydrogen (secondary N) is 1.